The summed E-state index contributed by atoms with van der Waals surface area (Å²) in [6.07, 6.45) is 1.44. The summed E-state index contributed by atoms with van der Waals surface area (Å²) in [5, 5.41) is 10.7. The number of carbonyl (C=O) groups excluding carboxylic acids is 3. The maximum atomic E-state index is 12.8. The van der Waals surface area contributed by atoms with Gasteiger partial charge in [-0.2, -0.15) is 0 Å². The quantitative estimate of drug-likeness (QED) is 0.772. The number of carboxylic acids is 1. The first-order valence-corrected chi connectivity index (χ1v) is 8.54. The molecular formula is C18H15N2O4S-. The van der Waals surface area contributed by atoms with Crippen LogP contribution in [-0.4, -0.2) is 28.0 Å². The van der Waals surface area contributed by atoms with E-state index in [0.717, 1.165) is 22.9 Å². The van der Waals surface area contributed by atoms with Crippen LogP contribution >= 0.6 is 11.8 Å². The predicted octanol–water partition coefficient (Wildman–Crippen LogP) is 1.49. The number of imide groups is 1. The maximum absolute atomic E-state index is 12.8. The highest BCUT2D eigenvalue weighted by Gasteiger charge is 2.41. The number of amides is 2. The van der Waals surface area contributed by atoms with Gasteiger partial charge in [-0.3, -0.25) is 9.59 Å². The van der Waals surface area contributed by atoms with Gasteiger partial charge in [0.1, 0.15) is 5.03 Å². The summed E-state index contributed by atoms with van der Waals surface area (Å²) >= 11 is 0.983. The highest BCUT2D eigenvalue weighted by molar-refractivity contribution is 8.00. The predicted molar refractivity (Wildman–Crippen MR) is 91.2 cm³/mol. The Morgan fingerprint density at radius 3 is 2.72 bits per heavy atom. The smallest absolute Gasteiger partial charge is 0.247 e. The molecule has 2 heterocycles. The number of thioether (sulfide) groups is 1. The second kappa shape index (κ2) is 6.68. The average molecular weight is 355 g/mol. The van der Waals surface area contributed by atoms with Crippen LogP contribution in [0.4, 0.5) is 5.69 Å². The summed E-state index contributed by atoms with van der Waals surface area (Å²) in [6.45, 7) is 3.77. The van der Waals surface area contributed by atoms with Gasteiger partial charge in [-0.1, -0.05) is 23.9 Å². The molecule has 0 spiro atoms. The molecule has 0 radical (unpaired) electrons. The van der Waals surface area contributed by atoms with E-state index in [9.17, 15) is 19.5 Å². The van der Waals surface area contributed by atoms with E-state index in [0.29, 0.717) is 5.69 Å². The molecule has 3 rings (SSSR count). The van der Waals surface area contributed by atoms with Crippen LogP contribution in [0.25, 0.3) is 0 Å². The van der Waals surface area contributed by atoms with E-state index in [4.69, 9.17) is 0 Å². The monoisotopic (exact) mass is 355 g/mol. The third kappa shape index (κ3) is 3.15. The van der Waals surface area contributed by atoms with Gasteiger partial charge in [-0.25, -0.2) is 9.88 Å². The molecular weight excluding hydrogens is 340 g/mol. The number of hydrogen-bond acceptors (Lipinski definition) is 6. The fraction of sp³-hybridized carbons (Fsp3) is 0.222. The van der Waals surface area contributed by atoms with Crippen LogP contribution in [0.5, 0.6) is 0 Å². The molecule has 0 bridgehead atoms. The Kier molecular flexibility index (Phi) is 4.59. The summed E-state index contributed by atoms with van der Waals surface area (Å²) in [5.41, 5.74) is 2.33. The van der Waals surface area contributed by atoms with Crippen molar-refractivity contribution in [2.24, 2.45) is 0 Å². The Morgan fingerprint density at radius 1 is 1.24 bits per heavy atom. The van der Waals surface area contributed by atoms with Gasteiger partial charge >= 0.3 is 0 Å². The summed E-state index contributed by atoms with van der Waals surface area (Å²) in [5.74, 6) is -2.03. The number of aryl methyl sites for hydroxylation is 1. The topological polar surface area (TPSA) is 90.4 Å². The van der Waals surface area contributed by atoms with Crippen LogP contribution in [0.15, 0.2) is 41.6 Å². The number of rotatable bonds is 4. The molecule has 0 aliphatic carbocycles. The molecule has 25 heavy (non-hydrogen) atoms. The molecule has 0 saturated carbocycles. The number of benzene rings is 1. The minimum absolute atomic E-state index is 0.0000557. The fourth-order valence-corrected chi connectivity index (χ4v) is 3.80. The van der Waals surface area contributed by atoms with Crippen molar-refractivity contribution >= 4 is 35.2 Å². The fourth-order valence-electron chi connectivity index (χ4n) is 2.70. The van der Waals surface area contributed by atoms with Crippen molar-refractivity contribution in [3.63, 3.8) is 0 Å². The lowest BCUT2D eigenvalue weighted by atomic mass is 10.1. The van der Waals surface area contributed by atoms with Crippen molar-refractivity contribution in [1.82, 2.24) is 4.98 Å². The lowest BCUT2D eigenvalue weighted by Crippen LogP contribution is -2.32. The van der Waals surface area contributed by atoms with Gasteiger partial charge in [-0.15, -0.1) is 0 Å². The highest BCUT2D eigenvalue weighted by atomic mass is 32.2. The van der Waals surface area contributed by atoms with Crippen molar-refractivity contribution in [3.05, 3.63) is 53.2 Å². The number of carboxylic acid groups (broad SMARTS) is 1. The minimum atomic E-state index is -1.36. The minimum Gasteiger partial charge on any atom is -0.545 e. The number of aromatic nitrogens is 1. The van der Waals surface area contributed by atoms with Gasteiger partial charge < -0.3 is 9.90 Å². The lowest BCUT2D eigenvalue weighted by molar-refractivity contribution is -0.255. The molecule has 0 N–H and O–H groups in total. The van der Waals surface area contributed by atoms with E-state index in [1.165, 1.54) is 23.2 Å². The van der Waals surface area contributed by atoms with Gasteiger partial charge in [0, 0.05) is 18.2 Å². The van der Waals surface area contributed by atoms with Crippen LogP contribution in [0.3, 0.4) is 0 Å². The Morgan fingerprint density at radius 2 is 2.00 bits per heavy atom. The Balaban J connectivity index is 1.90. The standard InChI is InChI=1S/C18H16N2O4S/c1-10-5-3-7-13(11(10)2)20-15(21)9-14(17(20)22)25-16-12(18(23)24)6-4-8-19-16/h3-8,14H,9H2,1-2H3,(H,23,24)/p-1/t14-/m0/s1. The van der Waals surface area contributed by atoms with Crippen molar-refractivity contribution in [2.75, 3.05) is 4.90 Å². The molecule has 1 aromatic carbocycles. The molecule has 1 saturated heterocycles. The summed E-state index contributed by atoms with van der Waals surface area (Å²) < 4.78 is 0. The molecule has 1 atom stereocenters. The molecule has 1 aliphatic rings. The van der Waals surface area contributed by atoms with Crippen LogP contribution in [-0.2, 0) is 9.59 Å². The number of carbonyl (C=O) groups is 3. The van der Waals surface area contributed by atoms with Crippen LogP contribution < -0.4 is 10.0 Å². The number of hydrogen-bond donors (Lipinski definition) is 0. The SMILES string of the molecule is Cc1cccc(N2C(=O)C[C@H](Sc3ncccc3C(=O)[O-])C2=O)c1C. The average Bonchev–Trinajstić information content (AvgIpc) is 2.85. The summed E-state index contributed by atoms with van der Waals surface area (Å²) in [4.78, 5) is 41.5. The first kappa shape index (κ1) is 17.2. The first-order chi connectivity index (χ1) is 11.9. The van der Waals surface area contributed by atoms with E-state index in [1.54, 1.807) is 12.1 Å². The van der Waals surface area contributed by atoms with E-state index in [2.05, 4.69) is 4.98 Å². The zero-order valence-corrected chi connectivity index (χ0v) is 14.5. The largest absolute Gasteiger partial charge is 0.545 e. The van der Waals surface area contributed by atoms with Crippen molar-refractivity contribution < 1.29 is 19.5 Å². The zero-order valence-electron chi connectivity index (χ0n) is 13.7. The Labute approximate surface area is 148 Å². The van der Waals surface area contributed by atoms with Crippen molar-refractivity contribution in [1.29, 1.82) is 0 Å². The normalized spacial score (nSPS) is 17.2. The number of anilines is 1. The molecule has 1 aromatic heterocycles. The van der Waals surface area contributed by atoms with E-state index in [-0.39, 0.29) is 28.8 Å². The molecule has 2 aromatic rings. The van der Waals surface area contributed by atoms with Crippen LogP contribution in [0.1, 0.15) is 27.9 Å². The molecule has 6 nitrogen and oxygen atoms in total. The lowest BCUT2D eigenvalue weighted by Gasteiger charge is -2.18. The summed E-state index contributed by atoms with van der Waals surface area (Å²) in [7, 11) is 0. The molecule has 7 heteroatoms. The third-order valence-corrected chi connectivity index (χ3v) is 5.37. The molecule has 2 amide bonds. The Hall–Kier alpha value is -2.67. The van der Waals surface area contributed by atoms with E-state index < -0.39 is 11.2 Å². The van der Waals surface area contributed by atoms with Gasteiger partial charge in [0.05, 0.1) is 16.9 Å². The third-order valence-electron chi connectivity index (χ3n) is 4.17. The van der Waals surface area contributed by atoms with Crippen LogP contribution in [0, 0.1) is 13.8 Å². The zero-order chi connectivity index (χ0) is 18.1. The number of nitrogens with zero attached hydrogens (tertiary/aromatic N) is 2. The second-order valence-electron chi connectivity index (χ2n) is 5.74. The molecule has 1 fully saturated rings. The van der Waals surface area contributed by atoms with Crippen molar-refractivity contribution in [2.45, 2.75) is 30.5 Å². The maximum Gasteiger partial charge on any atom is 0.247 e. The van der Waals surface area contributed by atoms with Gasteiger partial charge in [0.15, 0.2) is 0 Å². The van der Waals surface area contributed by atoms with E-state index in [1.807, 2.05) is 19.9 Å². The number of pyridine rings is 1. The van der Waals surface area contributed by atoms with Gasteiger partial charge in [0.2, 0.25) is 11.8 Å². The molecule has 1 aliphatic heterocycles. The van der Waals surface area contributed by atoms with Crippen LogP contribution in [0.2, 0.25) is 0 Å². The molecule has 128 valence electrons. The van der Waals surface area contributed by atoms with E-state index >= 15 is 0 Å². The van der Waals surface area contributed by atoms with Crippen molar-refractivity contribution in [3.8, 4) is 0 Å². The highest BCUT2D eigenvalue weighted by Crippen LogP contribution is 2.35. The Bertz CT molecular complexity index is 881. The number of aromatic carboxylic acids is 1. The van der Waals surface area contributed by atoms with Gasteiger partial charge in [0.25, 0.3) is 0 Å². The second-order valence-corrected chi connectivity index (χ2v) is 6.93. The van der Waals surface area contributed by atoms with Gasteiger partial charge in [-0.05, 0) is 43.2 Å². The summed E-state index contributed by atoms with van der Waals surface area (Å²) in [6, 6.07) is 8.30. The molecule has 0 unspecified atom stereocenters. The first-order valence-electron chi connectivity index (χ1n) is 7.66.